The third kappa shape index (κ3) is 7.35. The second-order valence-electron chi connectivity index (χ2n) is 7.37. The Morgan fingerprint density at radius 1 is 1.09 bits per heavy atom. The Balaban J connectivity index is 1.38. The average molecular weight is 476 g/mol. The summed E-state index contributed by atoms with van der Waals surface area (Å²) in [6.07, 6.45) is 0.509. The molecule has 10 nitrogen and oxygen atoms in total. The summed E-state index contributed by atoms with van der Waals surface area (Å²) in [6, 6.07) is 7.45. The number of anilines is 1. The van der Waals surface area contributed by atoms with Crippen molar-refractivity contribution < 1.29 is 23.9 Å². The van der Waals surface area contributed by atoms with Crippen molar-refractivity contribution >= 4 is 34.5 Å². The summed E-state index contributed by atoms with van der Waals surface area (Å²) in [7, 11) is 1.62. The minimum absolute atomic E-state index is 0.123. The molecule has 0 spiro atoms. The lowest BCUT2D eigenvalue weighted by atomic mass is 10.1. The van der Waals surface area contributed by atoms with Gasteiger partial charge in [0.15, 0.2) is 5.13 Å². The van der Waals surface area contributed by atoms with E-state index in [4.69, 9.17) is 9.47 Å². The number of benzene rings is 1. The van der Waals surface area contributed by atoms with Gasteiger partial charge < -0.3 is 24.6 Å². The van der Waals surface area contributed by atoms with Crippen LogP contribution < -0.4 is 15.4 Å². The standard InChI is InChI=1S/C22H29N5O5S/c1-3-32-22(30)27-12-10-26(11-13-27)21(29)25-20-24-17(15-33-20)14-19(28)23-9-8-16-4-6-18(31-2)7-5-16/h4-7,15H,3,8-14H2,1-2H3,(H,23,28)(H,24,25,29). The Morgan fingerprint density at radius 3 is 2.45 bits per heavy atom. The quantitative estimate of drug-likeness (QED) is 0.606. The number of amides is 4. The number of urea groups is 1. The number of hydrogen-bond acceptors (Lipinski definition) is 7. The van der Waals surface area contributed by atoms with Gasteiger partial charge in [-0.05, 0) is 31.0 Å². The summed E-state index contributed by atoms with van der Waals surface area (Å²) in [4.78, 5) is 44.0. The number of aromatic nitrogens is 1. The number of carbonyl (C=O) groups is 3. The average Bonchev–Trinajstić information content (AvgIpc) is 3.26. The Hall–Kier alpha value is -3.34. The lowest BCUT2D eigenvalue weighted by molar-refractivity contribution is -0.120. The van der Waals surface area contributed by atoms with E-state index in [1.54, 1.807) is 29.2 Å². The summed E-state index contributed by atoms with van der Waals surface area (Å²) in [5.74, 6) is 0.676. The van der Waals surface area contributed by atoms with Crippen molar-refractivity contribution in [1.82, 2.24) is 20.1 Å². The largest absolute Gasteiger partial charge is 0.497 e. The summed E-state index contributed by atoms with van der Waals surface area (Å²) in [6.45, 7) is 4.29. The van der Waals surface area contributed by atoms with Crippen molar-refractivity contribution in [3.05, 3.63) is 40.9 Å². The molecule has 4 amide bonds. The molecule has 0 bridgehead atoms. The molecule has 0 unspecified atom stereocenters. The molecular weight excluding hydrogens is 446 g/mol. The number of thiazole rings is 1. The van der Waals surface area contributed by atoms with Gasteiger partial charge in [0.25, 0.3) is 0 Å². The van der Waals surface area contributed by atoms with Gasteiger partial charge in [0.05, 0.1) is 25.8 Å². The summed E-state index contributed by atoms with van der Waals surface area (Å²) >= 11 is 1.27. The van der Waals surface area contributed by atoms with Crippen molar-refractivity contribution in [2.45, 2.75) is 19.8 Å². The molecule has 0 aliphatic carbocycles. The number of piperazine rings is 1. The molecule has 1 aliphatic rings. The highest BCUT2D eigenvalue weighted by atomic mass is 32.1. The fourth-order valence-electron chi connectivity index (χ4n) is 3.29. The van der Waals surface area contributed by atoms with Gasteiger partial charge >= 0.3 is 12.1 Å². The van der Waals surface area contributed by atoms with E-state index in [1.807, 2.05) is 24.3 Å². The molecule has 1 fully saturated rings. The normalized spacial score (nSPS) is 13.4. The van der Waals surface area contributed by atoms with Crippen LogP contribution in [0.25, 0.3) is 0 Å². The van der Waals surface area contributed by atoms with E-state index < -0.39 is 0 Å². The van der Waals surface area contributed by atoms with Gasteiger partial charge in [0.2, 0.25) is 5.91 Å². The van der Waals surface area contributed by atoms with Gasteiger partial charge in [0.1, 0.15) is 5.75 Å². The van der Waals surface area contributed by atoms with Gasteiger partial charge in [-0.1, -0.05) is 12.1 Å². The van der Waals surface area contributed by atoms with Crippen LogP contribution in [-0.4, -0.2) is 79.3 Å². The second kappa shape index (κ2) is 12.0. The molecular formula is C22H29N5O5S. The first-order valence-corrected chi connectivity index (χ1v) is 11.7. The van der Waals surface area contributed by atoms with Crippen LogP contribution in [0.15, 0.2) is 29.6 Å². The number of rotatable bonds is 8. The summed E-state index contributed by atoms with van der Waals surface area (Å²) < 4.78 is 10.1. The minimum atomic E-state index is -0.357. The highest BCUT2D eigenvalue weighted by Gasteiger charge is 2.25. The molecule has 2 heterocycles. The number of nitrogens with one attached hydrogen (secondary N) is 2. The van der Waals surface area contributed by atoms with Crippen LogP contribution in [0.4, 0.5) is 14.7 Å². The van der Waals surface area contributed by atoms with Gasteiger partial charge in [-0.15, -0.1) is 11.3 Å². The van der Waals surface area contributed by atoms with E-state index in [1.165, 1.54) is 11.3 Å². The van der Waals surface area contributed by atoms with E-state index in [0.29, 0.717) is 50.2 Å². The zero-order valence-electron chi connectivity index (χ0n) is 18.8. The zero-order valence-corrected chi connectivity index (χ0v) is 19.7. The first kappa shape index (κ1) is 24.3. The van der Waals surface area contributed by atoms with Crippen LogP contribution in [0, 0.1) is 0 Å². The lowest BCUT2D eigenvalue weighted by Gasteiger charge is -2.33. The van der Waals surface area contributed by atoms with Crippen molar-refractivity contribution in [3.63, 3.8) is 0 Å². The van der Waals surface area contributed by atoms with Gasteiger partial charge in [-0.3, -0.25) is 10.1 Å². The minimum Gasteiger partial charge on any atom is -0.497 e. The van der Waals surface area contributed by atoms with Crippen molar-refractivity contribution in [3.8, 4) is 5.75 Å². The number of carbonyl (C=O) groups excluding carboxylic acids is 3. The number of nitrogens with zero attached hydrogens (tertiary/aromatic N) is 3. The molecule has 0 saturated carbocycles. The van der Waals surface area contributed by atoms with Crippen LogP contribution in [0.3, 0.4) is 0 Å². The predicted octanol–water partition coefficient (Wildman–Crippen LogP) is 2.36. The molecule has 0 atom stereocenters. The Bertz CT molecular complexity index is 941. The fraction of sp³-hybridized carbons (Fsp3) is 0.455. The highest BCUT2D eigenvalue weighted by Crippen LogP contribution is 2.17. The molecule has 3 rings (SSSR count). The topological polar surface area (TPSA) is 113 Å². The molecule has 0 radical (unpaired) electrons. The SMILES string of the molecule is CCOC(=O)N1CCN(C(=O)Nc2nc(CC(=O)NCCc3ccc(OC)cc3)cs2)CC1. The predicted molar refractivity (Wildman–Crippen MR) is 125 cm³/mol. The summed E-state index contributed by atoms with van der Waals surface area (Å²) in [5, 5.41) is 7.85. The molecule has 1 aromatic heterocycles. The maximum absolute atomic E-state index is 12.5. The molecule has 11 heteroatoms. The third-order valence-corrected chi connectivity index (χ3v) is 5.90. The maximum atomic E-state index is 12.5. The molecule has 33 heavy (non-hydrogen) atoms. The molecule has 1 aromatic carbocycles. The number of hydrogen-bond donors (Lipinski definition) is 2. The van der Waals surface area contributed by atoms with E-state index in [-0.39, 0.29) is 24.5 Å². The van der Waals surface area contributed by atoms with Crippen molar-refractivity contribution in [1.29, 1.82) is 0 Å². The smallest absolute Gasteiger partial charge is 0.409 e. The van der Waals surface area contributed by atoms with Crippen LogP contribution in [0.2, 0.25) is 0 Å². The maximum Gasteiger partial charge on any atom is 0.409 e. The van der Waals surface area contributed by atoms with Gasteiger partial charge in [0, 0.05) is 38.1 Å². The number of ether oxygens (including phenoxy) is 2. The van der Waals surface area contributed by atoms with Crippen LogP contribution >= 0.6 is 11.3 Å². The summed E-state index contributed by atoms with van der Waals surface area (Å²) in [5.41, 5.74) is 1.71. The lowest BCUT2D eigenvalue weighted by Crippen LogP contribution is -2.51. The Morgan fingerprint density at radius 2 is 1.79 bits per heavy atom. The van der Waals surface area contributed by atoms with Gasteiger partial charge in [-0.2, -0.15) is 0 Å². The number of methoxy groups -OCH3 is 1. The molecule has 1 aliphatic heterocycles. The van der Waals surface area contributed by atoms with E-state index in [0.717, 1.165) is 17.7 Å². The molecule has 2 N–H and O–H groups in total. The Kier molecular flexibility index (Phi) is 8.87. The van der Waals surface area contributed by atoms with Crippen LogP contribution in [-0.2, 0) is 22.4 Å². The third-order valence-electron chi connectivity index (χ3n) is 5.10. The highest BCUT2D eigenvalue weighted by molar-refractivity contribution is 7.13. The Labute approximate surface area is 196 Å². The second-order valence-corrected chi connectivity index (χ2v) is 8.23. The first-order chi connectivity index (χ1) is 16.0. The van der Waals surface area contributed by atoms with E-state index in [9.17, 15) is 14.4 Å². The molecule has 1 saturated heterocycles. The van der Waals surface area contributed by atoms with Crippen LogP contribution in [0.1, 0.15) is 18.2 Å². The first-order valence-electron chi connectivity index (χ1n) is 10.8. The zero-order chi connectivity index (χ0) is 23.6. The van der Waals surface area contributed by atoms with E-state index >= 15 is 0 Å². The van der Waals surface area contributed by atoms with E-state index in [2.05, 4.69) is 15.6 Å². The van der Waals surface area contributed by atoms with Crippen molar-refractivity contribution in [2.75, 3.05) is 51.8 Å². The molecule has 2 aromatic rings. The van der Waals surface area contributed by atoms with Crippen molar-refractivity contribution in [2.24, 2.45) is 0 Å². The molecule has 178 valence electrons. The van der Waals surface area contributed by atoms with Crippen LogP contribution in [0.5, 0.6) is 5.75 Å². The fourth-order valence-corrected chi connectivity index (χ4v) is 3.99. The monoisotopic (exact) mass is 475 g/mol. The van der Waals surface area contributed by atoms with Gasteiger partial charge in [-0.25, -0.2) is 14.6 Å².